The van der Waals surface area contributed by atoms with Crippen LogP contribution in [-0.4, -0.2) is 59.3 Å². The van der Waals surface area contributed by atoms with E-state index in [9.17, 15) is 4.79 Å². The van der Waals surface area contributed by atoms with E-state index in [0.29, 0.717) is 18.3 Å². The molecule has 33 heavy (non-hydrogen) atoms. The first-order chi connectivity index (χ1) is 16.2. The standard InChI is InChI=1S/C25H39N5O3/c31-24(29-33-25-11-5-6-15-32-25)13-12-21-16-27-23(17-26-21)28-22-10-7-14-30(19-22)18-20-8-3-1-2-4-9-20/h12-13,16-17,20,22,25H,1-11,14-15,18-19H2,(H,27,28)(H,29,31)/b13-12+. The van der Waals surface area contributed by atoms with Crippen molar-refractivity contribution in [1.82, 2.24) is 20.3 Å². The van der Waals surface area contributed by atoms with E-state index in [1.165, 1.54) is 64.1 Å². The Morgan fingerprint density at radius 3 is 2.67 bits per heavy atom. The molecule has 1 aromatic rings. The van der Waals surface area contributed by atoms with Crippen LogP contribution in [-0.2, 0) is 14.4 Å². The quantitative estimate of drug-likeness (QED) is 0.348. The number of amides is 1. The molecule has 4 rings (SSSR count). The lowest BCUT2D eigenvalue weighted by atomic mass is 9.97. The molecule has 8 heteroatoms. The Morgan fingerprint density at radius 1 is 1.06 bits per heavy atom. The van der Waals surface area contributed by atoms with Crippen LogP contribution in [0.2, 0.25) is 0 Å². The molecule has 3 fully saturated rings. The molecule has 2 atom stereocenters. The number of anilines is 1. The number of ether oxygens (including phenoxy) is 1. The maximum Gasteiger partial charge on any atom is 0.267 e. The van der Waals surface area contributed by atoms with Crippen molar-refractivity contribution in [1.29, 1.82) is 0 Å². The predicted molar refractivity (Wildman–Crippen MR) is 128 cm³/mol. The molecule has 0 spiro atoms. The molecule has 0 bridgehead atoms. The van der Waals surface area contributed by atoms with Gasteiger partial charge in [-0.15, -0.1) is 0 Å². The van der Waals surface area contributed by atoms with Crippen molar-refractivity contribution in [3.05, 3.63) is 24.2 Å². The van der Waals surface area contributed by atoms with E-state index in [1.54, 1.807) is 18.5 Å². The van der Waals surface area contributed by atoms with Gasteiger partial charge in [-0.2, -0.15) is 0 Å². The minimum atomic E-state index is -0.357. The van der Waals surface area contributed by atoms with Gasteiger partial charge in [-0.3, -0.25) is 9.78 Å². The summed E-state index contributed by atoms with van der Waals surface area (Å²) in [4.78, 5) is 28.8. The van der Waals surface area contributed by atoms with Crippen LogP contribution in [0.3, 0.4) is 0 Å². The third kappa shape index (κ3) is 8.36. The fourth-order valence-electron chi connectivity index (χ4n) is 5.08. The molecule has 0 radical (unpaired) electrons. The van der Waals surface area contributed by atoms with Gasteiger partial charge in [-0.05, 0) is 57.1 Å². The summed E-state index contributed by atoms with van der Waals surface area (Å²) < 4.78 is 5.42. The Bertz CT molecular complexity index is 743. The van der Waals surface area contributed by atoms with E-state index < -0.39 is 0 Å². The summed E-state index contributed by atoms with van der Waals surface area (Å²) in [5.74, 6) is 1.31. The Labute approximate surface area is 197 Å². The van der Waals surface area contributed by atoms with Gasteiger partial charge in [0.1, 0.15) is 5.82 Å². The average molecular weight is 458 g/mol. The van der Waals surface area contributed by atoms with Crippen molar-refractivity contribution in [2.24, 2.45) is 5.92 Å². The Hall–Kier alpha value is -2.03. The molecule has 1 aromatic heterocycles. The van der Waals surface area contributed by atoms with Crippen molar-refractivity contribution in [3.63, 3.8) is 0 Å². The molecule has 3 heterocycles. The van der Waals surface area contributed by atoms with Gasteiger partial charge >= 0.3 is 0 Å². The highest BCUT2D eigenvalue weighted by Gasteiger charge is 2.23. The Kier molecular flexibility index (Phi) is 9.50. The molecule has 8 nitrogen and oxygen atoms in total. The highest BCUT2D eigenvalue weighted by Crippen LogP contribution is 2.25. The fraction of sp³-hybridized carbons (Fsp3) is 0.720. The van der Waals surface area contributed by atoms with Gasteiger partial charge in [-0.1, -0.05) is 25.7 Å². The fourth-order valence-corrected chi connectivity index (χ4v) is 5.08. The van der Waals surface area contributed by atoms with Crippen molar-refractivity contribution in [2.45, 2.75) is 83.0 Å². The van der Waals surface area contributed by atoms with Gasteiger partial charge in [0, 0.05) is 38.2 Å². The van der Waals surface area contributed by atoms with Crippen molar-refractivity contribution >= 4 is 17.8 Å². The Morgan fingerprint density at radius 2 is 1.91 bits per heavy atom. The lowest BCUT2D eigenvalue weighted by Gasteiger charge is -2.35. The van der Waals surface area contributed by atoms with Crippen molar-refractivity contribution < 1.29 is 14.4 Å². The second kappa shape index (κ2) is 13.0. The van der Waals surface area contributed by atoms with E-state index in [4.69, 9.17) is 9.57 Å². The summed E-state index contributed by atoms with van der Waals surface area (Å²) in [7, 11) is 0. The normalized spacial score (nSPS) is 25.6. The maximum atomic E-state index is 11.9. The molecule has 1 saturated carbocycles. The molecule has 182 valence electrons. The van der Waals surface area contributed by atoms with E-state index in [0.717, 1.165) is 44.0 Å². The second-order valence-electron chi connectivity index (χ2n) is 9.64. The van der Waals surface area contributed by atoms with Crippen molar-refractivity contribution in [3.8, 4) is 0 Å². The number of carbonyl (C=O) groups is 1. The third-order valence-corrected chi connectivity index (χ3v) is 6.85. The lowest BCUT2D eigenvalue weighted by molar-refractivity contribution is -0.198. The molecular formula is C25H39N5O3. The summed E-state index contributed by atoms with van der Waals surface area (Å²) in [5.41, 5.74) is 3.04. The number of rotatable bonds is 8. The zero-order chi connectivity index (χ0) is 22.7. The number of hydrogen-bond donors (Lipinski definition) is 2. The first kappa shape index (κ1) is 24.1. The summed E-state index contributed by atoms with van der Waals surface area (Å²) in [5, 5.41) is 3.56. The zero-order valence-electron chi connectivity index (χ0n) is 19.7. The van der Waals surface area contributed by atoms with Gasteiger partial charge in [0.25, 0.3) is 5.91 Å². The maximum absolute atomic E-state index is 11.9. The van der Waals surface area contributed by atoms with E-state index in [2.05, 4.69) is 25.7 Å². The Balaban J connectivity index is 1.19. The van der Waals surface area contributed by atoms with Gasteiger partial charge in [-0.25, -0.2) is 15.3 Å². The molecule has 2 unspecified atom stereocenters. The number of hydroxylamine groups is 1. The van der Waals surface area contributed by atoms with Crippen molar-refractivity contribution in [2.75, 3.05) is 31.6 Å². The highest BCUT2D eigenvalue weighted by atomic mass is 16.8. The van der Waals surface area contributed by atoms with Crippen LogP contribution < -0.4 is 10.8 Å². The number of likely N-dealkylation sites (tertiary alicyclic amines) is 1. The summed E-state index contributed by atoms with van der Waals surface area (Å²) in [6.07, 6.45) is 19.8. The molecular weight excluding hydrogens is 418 g/mol. The largest absolute Gasteiger partial charge is 0.365 e. The molecule has 0 aromatic carbocycles. The SMILES string of the molecule is O=C(/C=C/c1cnc(NC2CCCN(CC3CCCCCC3)C2)cn1)NOC1CCCCO1. The van der Waals surface area contributed by atoms with E-state index in [1.807, 2.05) is 0 Å². The molecule has 1 aliphatic carbocycles. The average Bonchev–Trinajstić information content (AvgIpc) is 3.12. The van der Waals surface area contributed by atoms with Crippen LogP contribution in [0.25, 0.3) is 6.08 Å². The molecule has 3 aliphatic rings. The minimum Gasteiger partial charge on any atom is -0.365 e. The lowest BCUT2D eigenvalue weighted by Crippen LogP contribution is -2.44. The van der Waals surface area contributed by atoms with Crippen LogP contribution >= 0.6 is 0 Å². The van der Waals surface area contributed by atoms with Gasteiger partial charge in [0.15, 0.2) is 6.29 Å². The summed E-state index contributed by atoms with van der Waals surface area (Å²) in [6.45, 7) is 4.20. The minimum absolute atomic E-state index is 0.343. The van der Waals surface area contributed by atoms with Crippen LogP contribution in [0, 0.1) is 5.92 Å². The van der Waals surface area contributed by atoms with Crippen LogP contribution in [0.4, 0.5) is 5.82 Å². The van der Waals surface area contributed by atoms with E-state index >= 15 is 0 Å². The van der Waals surface area contributed by atoms with Gasteiger partial charge < -0.3 is 15.0 Å². The molecule has 1 amide bonds. The number of carbonyl (C=O) groups excluding carboxylic acids is 1. The van der Waals surface area contributed by atoms with Gasteiger partial charge in [0.2, 0.25) is 0 Å². The van der Waals surface area contributed by atoms with Crippen LogP contribution in [0.1, 0.15) is 76.3 Å². The molecule has 2 aliphatic heterocycles. The van der Waals surface area contributed by atoms with Crippen LogP contribution in [0.15, 0.2) is 18.5 Å². The summed E-state index contributed by atoms with van der Waals surface area (Å²) in [6, 6.07) is 0.408. The monoisotopic (exact) mass is 457 g/mol. The molecule has 2 N–H and O–H groups in total. The zero-order valence-corrected chi connectivity index (χ0v) is 19.7. The number of hydrogen-bond acceptors (Lipinski definition) is 7. The molecule has 2 saturated heterocycles. The number of aromatic nitrogens is 2. The van der Waals surface area contributed by atoms with E-state index in [-0.39, 0.29) is 12.2 Å². The number of piperidine rings is 1. The number of nitrogens with one attached hydrogen (secondary N) is 2. The smallest absolute Gasteiger partial charge is 0.267 e. The highest BCUT2D eigenvalue weighted by molar-refractivity contribution is 5.90. The van der Waals surface area contributed by atoms with Crippen LogP contribution in [0.5, 0.6) is 0 Å². The predicted octanol–water partition coefficient (Wildman–Crippen LogP) is 3.91. The second-order valence-corrected chi connectivity index (χ2v) is 9.64. The third-order valence-electron chi connectivity index (χ3n) is 6.85. The topological polar surface area (TPSA) is 88.6 Å². The van der Waals surface area contributed by atoms with Gasteiger partial charge in [0.05, 0.1) is 18.1 Å². The first-order valence-corrected chi connectivity index (χ1v) is 12.8. The number of nitrogens with zero attached hydrogens (tertiary/aromatic N) is 3. The first-order valence-electron chi connectivity index (χ1n) is 12.8. The summed E-state index contributed by atoms with van der Waals surface area (Å²) >= 11 is 0.